The van der Waals surface area contributed by atoms with Crippen LogP contribution in [0.2, 0.25) is 0 Å². The SMILES string of the molecule is Nc1nc2ccc(NCc3ccc([N+](=O)[O-])cc3)cc2c(=O)[nH]1. The van der Waals surface area contributed by atoms with Crippen molar-refractivity contribution in [3.63, 3.8) is 0 Å². The van der Waals surface area contributed by atoms with Gasteiger partial charge in [0.05, 0.1) is 15.8 Å². The highest BCUT2D eigenvalue weighted by Crippen LogP contribution is 2.17. The van der Waals surface area contributed by atoms with Crippen LogP contribution in [0.15, 0.2) is 47.3 Å². The minimum Gasteiger partial charge on any atom is -0.381 e. The molecule has 4 N–H and O–H groups in total. The lowest BCUT2D eigenvalue weighted by atomic mass is 10.2. The second-order valence-electron chi connectivity index (χ2n) is 4.96. The number of anilines is 2. The van der Waals surface area contributed by atoms with Gasteiger partial charge in [0.1, 0.15) is 0 Å². The van der Waals surface area contributed by atoms with Crippen LogP contribution in [-0.2, 0) is 6.54 Å². The lowest BCUT2D eigenvalue weighted by Gasteiger charge is -2.07. The van der Waals surface area contributed by atoms with Gasteiger partial charge in [-0.25, -0.2) is 4.98 Å². The molecule has 0 aliphatic rings. The van der Waals surface area contributed by atoms with Crippen molar-refractivity contribution in [2.45, 2.75) is 6.54 Å². The van der Waals surface area contributed by atoms with Gasteiger partial charge in [-0.3, -0.25) is 19.9 Å². The molecule has 0 amide bonds. The van der Waals surface area contributed by atoms with E-state index in [0.29, 0.717) is 17.4 Å². The minimum atomic E-state index is -0.439. The number of aromatic amines is 1. The first-order valence-electron chi connectivity index (χ1n) is 6.80. The van der Waals surface area contributed by atoms with Gasteiger partial charge in [0.2, 0.25) is 5.95 Å². The Morgan fingerprint density at radius 3 is 2.65 bits per heavy atom. The molecular weight excluding hydrogens is 298 g/mol. The monoisotopic (exact) mass is 311 g/mol. The number of benzene rings is 2. The van der Waals surface area contributed by atoms with Gasteiger partial charge >= 0.3 is 0 Å². The third kappa shape index (κ3) is 3.10. The highest BCUT2D eigenvalue weighted by atomic mass is 16.6. The van der Waals surface area contributed by atoms with Gasteiger partial charge in [0.15, 0.2) is 0 Å². The van der Waals surface area contributed by atoms with Gasteiger partial charge in [-0.1, -0.05) is 12.1 Å². The van der Waals surface area contributed by atoms with E-state index in [9.17, 15) is 14.9 Å². The van der Waals surface area contributed by atoms with Crippen LogP contribution in [0.25, 0.3) is 10.9 Å². The predicted octanol–water partition coefficient (Wildman–Crippen LogP) is 2.03. The van der Waals surface area contributed by atoms with E-state index >= 15 is 0 Å². The number of hydrogen-bond donors (Lipinski definition) is 3. The second kappa shape index (κ2) is 5.76. The molecule has 3 rings (SSSR count). The molecule has 0 aliphatic carbocycles. The third-order valence-corrected chi connectivity index (χ3v) is 3.37. The van der Waals surface area contributed by atoms with Gasteiger partial charge in [-0.15, -0.1) is 0 Å². The average molecular weight is 311 g/mol. The molecule has 2 aromatic carbocycles. The maximum absolute atomic E-state index is 11.9. The second-order valence-corrected chi connectivity index (χ2v) is 4.96. The first-order valence-corrected chi connectivity index (χ1v) is 6.80. The molecule has 0 atom stereocenters. The van der Waals surface area contributed by atoms with Gasteiger partial charge in [-0.05, 0) is 23.8 Å². The van der Waals surface area contributed by atoms with Crippen molar-refractivity contribution in [1.82, 2.24) is 9.97 Å². The molecule has 23 heavy (non-hydrogen) atoms. The Labute approximate surface area is 130 Å². The molecule has 116 valence electrons. The minimum absolute atomic E-state index is 0.0506. The van der Waals surface area contributed by atoms with E-state index in [0.717, 1.165) is 11.3 Å². The van der Waals surface area contributed by atoms with Crippen LogP contribution < -0.4 is 16.6 Å². The van der Waals surface area contributed by atoms with Crippen molar-refractivity contribution in [3.05, 3.63) is 68.5 Å². The van der Waals surface area contributed by atoms with E-state index in [2.05, 4.69) is 15.3 Å². The van der Waals surface area contributed by atoms with Crippen molar-refractivity contribution in [3.8, 4) is 0 Å². The number of non-ortho nitro benzene ring substituents is 1. The highest BCUT2D eigenvalue weighted by molar-refractivity contribution is 5.82. The van der Waals surface area contributed by atoms with Crippen LogP contribution >= 0.6 is 0 Å². The number of nitrogens with two attached hydrogens (primary N) is 1. The zero-order chi connectivity index (χ0) is 16.4. The summed E-state index contributed by atoms with van der Waals surface area (Å²) in [6, 6.07) is 11.5. The number of nitrogens with one attached hydrogen (secondary N) is 2. The Bertz CT molecular complexity index is 934. The largest absolute Gasteiger partial charge is 0.381 e. The molecule has 1 aromatic heterocycles. The van der Waals surface area contributed by atoms with Crippen molar-refractivity contribution in [2.75, 3.05) is 11.1 Å². The maximum atomic E-state index is 11.9. The van der Waals surface area contributed by atoms with Crippen molar-refractivity contribution in [1.29, 1.82) is 0 Å². The highest BCUT2D eigenvalue weighted by Gasteiger charge is 2.05. The molecule has 8 heteroatoms. The standard InChI is InChI=1S/C15H13N5O3/c16-15-18-13-6-3-10(7-12(13)14(21)19-15)17-8-9-1-4-11(5-2-9)20(22)23/h1-7,17H,8H2,(H3,16,18,19,21). The number of nitrogens with zero attached hydrogens (tertiary/aromatic N) is 2. The molecule has 1 heterocycles. The Morgan fingerprint density at radius 1 is 1.22 bits per heavy atom. The van der Waals surface area contributed by atoms with Crippen LogP contribution in [0.1, 0.15) is 5.56 Å². The summed E-state index contributed by atoms with van der Waals surface area (Å²) >= 11 is 0. The average Bonchev–Trinajstić information content (AvgIpc) is 2.53. The molecular formula is C15H13N5O3. The van der Waals surface area contributed by atoms with Crippen LogP contribution in [0.3, 0.4) is 0 Å². The van der Waals surface area contributed by atoms with Gasteiger partial charge < -0.3 is 11.1 Å². The van der Waals surface area contributed by atoms with Crippen molar-refractivity contribution >= 4 is 28.2 Å². The first-order chi connectivity index (χ1) is 11.0. The van der Waals surface area contributed by atoms with Gasteiger partial charge in [0.25, 0.3) is 11.2 Å². The van der Waals surface area contributed by atoms with Gasteiger partial charge in [0, 0.05) is 24.4 Å². The van der Waals surface area contributed by atoms with E-state index in [4.69, 9.17) is 5.73 Å². The van der Waals surface area contributed by atoms with Crippen molar-refractivity contribution in [2.24, 2.45) is 0 Å². The number of nitro benzene ring substituents is 1. The zero-order valence-corrected chi connectivity index (χ0v) is 11.9. The molecule has 0 fully saturated rings. The molecule has 0 saturated carbocycles. The number of H-pyrrole nitrogens is 1. The fourth-order valence-electron chi connectivity index (χ4n) is 2.21. The number of hydrogen-bond acceptors (Lipinski definition) is 6. The smallest absolute Gasteiger partial charge is 0.269 e. The molecule has 3 aromatic rings. The summed E-state index contributed by atoms with van der Waals surface area (Å²) in [6.45, 7) is 0.476. The van der Waals surface area contributed by atoms with E-state index < -0.39 is 4.92 Å². The van der Waals surface area contributed by atoms with Crippen LogP contribution in [0.5, 0.6) is 0 Å². The predicted molar refractivity (Wildman–Crippen MR) is 87.2 cm³/mol. The summed E-state index contributed by atoms with van der Waals surface area (Å²) < 4.78 is 0. The maximum Gasteiger partial charge on any atom is 0.269 e. The summed E-state index contributed by atoms with van der Waals surface area (Å²) in [7, 11) is 0. The normalized spacial score (nSPS) is 10.6. The number of nitro groups is 1. The number of aromatic nitrogens is 2. The summed E-state index contributed by atoms with van der Waals surface area (Å²) in [6.07, 6.45) is 0. The molecule has 0 bridgehead atoms. The first kappa shape index (κ1) is 14.5. The topological polar surface area (TPSA) is 127 Å². The molecule has 0 radical (unpaired) electrons. The van der Waals surface area contributed by atoms with Crippen molar-refractivity contribution < 1.29 is 4.92 Å². The molecule has 0 spiro atoms. The molecule has 0 unspecified atom stereocenters. The van der Waals surface area contributed by atoms with E-state index in [1.165, 1.54) is 12.1 Å². The fourth-order valence-corrected chi connectivity index (χ4v) is 2.21. The molecule has 8 nitrogen and oxygen atoms in total. The lowest BCUT2D eigenvalue weighted by molar-refractivity contribution is -0.384. The summed E-state index contributed by atoms with van der Waals surface area (Å²) in [5.74, 6) is 0.0779. The summed E-state index contributed by atoms with van der Waals surface area (Å²) in [5, 5.41) is 14.2. The Morgan fingerprint density at radius 2 is 1.96 bits per heavy atom. The van der Waals surface area contributed by atoms with E-state index in [1.54, 1.807) is 30.3 Å². The van der Waals surface area contributed by atoms with E-state index in [1.807, 2.05) is 0 Å². The van der Waals surface area contributed by atoms with E-state index in [-0.39, 0.29) is 17.2 Å². The molecule has 0 saturated heterocycles. The number of rotatable bonds is 4. The third-order valence-electron chi connectivity index (χ3n) is 3.37. The molecule has 0 aliphatic heterocycles. The summed E-state index contributed by atoms with van der Waals surface area (Å²) in [5.41, 5.74) is 7.40. The van der Waals surface area contributed by atoms with Crippen LogP contribution in [-0.4, -0.2) is 14.9 Å². The Kier molecular flexibility index (Phi) is 3.63. The fraction of sp³-hybridized carbons (Fsp3) is 0.0667. The van der Waals surface area contributed by atoms with Gasteiger partial charge in [-0.2, -0.15) is 0 Å². The Balaban J connectivity index is 1.79. The van der Waals surface area contributed by atoms with Crippen LogP contribution in [0, 0.1) is 10.1 Å². The lowest BCUT2D eigenvalue weighted by Crippen LogP contribution is -2.11. The summed E-state index contributed by atoms with van der Waals surface area (Å²) in [4.78, 5) is 28.5. The quantitative estimate of drug-likeness (QED) is 0.499. The number of fused-ring (bicyclic) bond motifs is 1. The zero-order valence-electron chi connectivity index (χ0n) is 11.9. The van der Waals surface area contributed by atoms with Crippen LogP contribution in [0.4, 0.5) is 17.3 Å². The Hall–Kier alpha value is -3.42. The number of nitrogen functional groups attached to an aromatic ring is 1.